The van der Waals surface area contributed by atoms with Crippen molar-refractivity contribution in [3.63, 3.8) is 0 Å². The minimum absolute atomic E-state index is 0.333. The van der Waals surface area contributed by atoms with Crippen LogP contribution in [0.15, 0.2) is 11.6 Å². The Labute approximate surface area is 123 Å². The number of hydrogen-bond donors (Lipinski definition) is 0. The van der Waals surface area contributed by atoms with Gasteiger partial charge in [-0.3, -0.25) is 4.52 Å². The Kier molecular flexibility index (Phi) is 8.62. The fraction of sp³-hybridized carbons (Fsp3) is 0.857. The zero-order valence-corrected chi connectivity index (χ0v) is 14.7. The zero-order valence-electron chi connectivity index (χ0n) is 13.0. The van der Waals surface area contributed by atoms with E-state index in [1.165, 1.54) is 5.57 Å². The Morgan fingerprint density at radius 2 is 1.89 bits per heavy atom. The first-order valence-corrected chi connectivity index (χ1v) is 9.33. The van der Waals surface area contributed by atoms with Gasteiger partial charge in [0.2, 0.25) is 0 Å². The van der Waals surface area contributed by atoms with E-state index in [1.54, 1.807) is 20.8 Å². The van der Waals surface area contributed by atoms with E-state index in [2.05, 4.69) is 26.8 Å². The van der Waals surface area contributed by atoms with Crippen LogP contribution in [0.3, 0.4) is 0 Å². The molecule has 0 N–H and O–H groups in total. The Hall–Kier alpha value is 0.240. The summed E-state index contributed by atoms with van der Waals surface area (Å²) in [5, 5.41) is 0. The van der Waals surface area contributed by atoms with Crippen LogP contribution in [0.25, 0.3) is 0 Å². The molecule has 0 rings (SSSR count). The molecule has 0 aromatic rings. The molecule has 0 aromatic carbocycles. The van der Waals surface area contributed by atoms with Crippen LogP contribution in [0.1, 0.15) is 60.8 Å². The first kappa shape index (κ1) is 19.2. The molecule has 0 saturated heterocycles. The SMILES string of the molecule is CC(C)=CCCC(C)CCOP(F)(=S)OC(C)(C)C. The van der Waals surface area contributed by atoms with Crippen molar-refractivity contribution in [2.45, 2.75) is 66.4 Å². The molecule has 0 saturated carbocycles. The second-order valence-electron chi connectivity index (χ2n) is 6.22. The first-order chi connectivity index (χ1) is 8.52. The number of halogens is 1. The summed E-state index contributed by atoms with van der Waals surface area (Å²) in [6.07, 6.45) is 5.18. The van der Waals surface area contributed by atoms with Crippen molar-refractivity contribution in [3.05, 3.63) is 11.6 Å². The summed E-state index contributed by atoms with van der Waals surface area (Å²) in [7, 11) is 0. The molecule has 0 amide bonds. The van der Waals surface area contributed by atoms with Gasteiger partial charge in [0.1, 0.15) is 0 Å². The van der Waals surface area contributed by atoms with Crippen molar-refractivity contribution in [2.24, 2.45) is 5.92 Å². The molecule has 0 aliphatic carbocycles. The number of hydrogen-bond acceptors (Lipinski definition) is 3. The standard InChI is InChI=1S/C14H28FO2PS/c1-12(2)8-7-9-13(3)10-11-16-18(15,19)17-14(4,5)6/h8,13H,7,9-11H2,1-6H3. The van der Waals surface area contributed by atoms with E-state index in [9.17, 15) is 4.20 Å². The zero-order chi connectivity index (χ0) is 15.1. The fourth-order valence-electron chi connectivity index (χ4n) is 1.52. The molecule has 0 aliphatic heterocycles. The van der Waals surface area contributed by atoms with Gasteiger partial charge in [-0.25, -0.2) is 0 Å². The largest absolute Gasteiger partial charge is 0.366 e. The van der Waals surface area contributed by atoms with Crippen molar-refractivity contribution in [2.75, 3.05) is 6.61 Å². The number of rotatable bonds is 8. The topological polar surface area (TPSA) is 18.5 Å². The van der Waals surface area contributed by atoms with E-state index in [-0.39, 0.29) is 0 Å². The third-order valence-corrected chi connectivity index (χ3v) is 4.25. The Bertz CT molecular complexity index is 333. The average Bonchev–Trinajstić information content (AvgIpc) is 2.12. The molecule has 0 spiro atoms. The van der Waals surface area contributed by atoms with E-state index in [0.29, 0.717) is 12.5 Å². The van der Waals surface area contributed by atoms with Crippen LogP contribution in [0.5, 0.6) is 0 Å². The molecule has 0 heterocycles. The predicted molar refractivity (Wildman–Crippen MR) is 84.6 cm³/mol. The first-order valence-electron chi connectivity index (χ1n) is 6.80. The van der Waals surface area contributed by atoms with Crippen LogP contribution in [0.4, 0.5) is 4.20 Å². The van der Waals surface area contributed by atoms with Crippen LogP contribution in [-0.2, 0) is 20.9 Å². The molecule has 5 heteroatoms. The van der Waals surface area contributed by atoms with Gasteiger partial charge >= 0.3 is 6.80 Å². The molecule has 0 fully saturated rings. The Morgan fingerprint density at radius 3 is 2.37 bits per heavy atom. The highest BCUT2D eigenvalue weighted by Gasteiger charge is 2.26. The monoisotopic (exact) mass is 310 g/mol. The van der Waals surface area contributed by atoms with Crippen LogP contribution >= 0.6 is 6.80 Å². The third kappa shape index (κ3) is 13.0. The van der Waals surface area contributed by atoms with Crippen LogP contribution in [0, 0.1) is 5.92 Å². The lowest BCUT2D eigenvalue weighted by Crippen LogP contribution is -2.17. The highest BCUT2D eigenvalue weighted by molar-refractivity contribution is 8.07. The molecular formula is C14H28FO2PS. The van der Waals surface area contributed by atoms with Crippen LogP contribution in [-0.4, -0.2) is 12.2 Å². The van der Waals surface area contributed by atoms with Crippen molar-refractivity contribution < 1.29 is 13.2 Å². The summed E-state index contributed by atoms with van der Waals surface area (Å²) in [6, 6.07) is 0. The summed E-state index contributed by atoms with van der Waals surface area (Å²) >= 11 is 4.76. The molecule has 0 bridgehead atoms. The Balaban J connectivity index is 3.89. The molecule has 19 heavy (non-hydrogen) atoms. The molecule has 114 valence electrons. The molecular weight excluding hydrogens is 282 g/mol. The van der Waals surface area contributed by atoms with Gasteiger partial charge < -0.3 is 4.52 Å². The summed E-state index contributed by atoms with van der Waals surface area (Å²) in [5.41, 5.74) is 0.737. The maximum Gasteiger partial charge on any atom is 0.366 e. The van der Waals surface area contributed by atoms with Gasteiger partial charge in [-0.2, -0.15) is 4.20 Å². The minimum Gasteiger partial charge on any atom is -0.306 e. The molecule has 0 aliphatic rings. The second-order valence-corrected chi connectivity index (χ2v) is 8.83. The quantitative estimate of drug-likeness (QED) is 0.418. The summed E-state index contributed by atoms with van der Waals surface area (Å²) < 4.78 is 24.1. The molecule has 0 aromatic heterocycles. The molecule has 2 atom stereocenters. The van der Waals surface area contributed by atoms with Crippen LogP contribution in [0.2, 0.25) is 0 Å². The average molecular weight is 310 g/mol. The predicted octanol–water partition coefficient (Wildman–Crippen LogP) is 5.78. The molecule has 0 radical (unpaired) electrons. The highest BCUT2D eigenvalue weighted by atomic mass is 32.5. The fourth-order valence-corrected chi connectivity index (χ4v) is 3.44. The smallest absolute Gasteiger partial charge is 0.306 e. The van der Waals surface area contributed by atoms with Crippen molar-refractivity contribution in [1.29, 1.82) is 0 Å². The van der Waals surface area contributed by atoms with Gasteiger partial charge in [-0.15, -0.1) is 0 Å². The van der Waals surface area contributed by atoms with E-state index < -0.39 is 12.4 Å². The minimum atomic E-state index is -3.59. The van der Waals surface area contributed by atoms with E-state index in [4.69, 9.17) is 20.9 Å². The summed E-state index contributed by atoms with van der Waals surface area (Å²) in [5.74, 6) is 0.500. The summed E-state index contributed by atoms with van der Waals surface area (Å²) in [4.78, 5) is 0. The van der Waals surface area contributed by atoms with Gasteiger partial charge in [0.25, 0.3) is 0 Å². The lowest BCUT2D eigenvalue weighted by Gasteiger charge is -2.24. The maximum atomic E-state index is 13.9. The lowest BCUT2D eigenvalue weighted by molar-refractivity contribution is 0.1000. The maximum absolute atomic E-state index is 13.9. The van der Waals surface area contributed by atoms with Gasteiger partial charge in [-0.1, -0.05) is 18.6 Å². The molecule has 2 nitrogen and oxygen atoms in total. The Morgan fingerprint density at radius 1 is 1.32 bits per heavy atom. The van der Waals surface area contributed by atoms with Gasteiger partial charge in [-0.05, 0) is 71.6 Å². The third-order valence-electron chi connectivity index (χ3n) is 2.45. The normalized spacial score (nSPS) is 16.8. The van der Waals surface area contributed by atoms with Crippen molar-refractivity contribution in [1.82, 2.24) is 0 Å². The van der Waals surface area contributed by atoms with E-state index in [0.717, 1.165) is 19.3 Å². The van der Waals surface area contributed by atoms with Crippen LogP contribution < -0.4 is 0 Å². The van der Waals surface area contributed by atoms with Crippen molar-refractivity contribution >= 4 is 18.6 Å². The second kappa shape index (κ2) is 8.51. The number of allylic oxidation sites excluding steroid dienone is 2. The van der Waals surface area contributed by atoms with Gasteiger partial charge in [0, 0.05) is 0 Å². The molecule has 2 unspecified atom stereocenters. The van der Waals surface area contributed by atoms with E-state index in [1.807, 2.05) is 0 Å². The summed E-state index contributed by atoms with van der Waals surface area (Å²) in [6.45, 7) is 8.41. The lowest BCUT2D eigenvalue weighted by atomic mass is 10.0. The van der Waals surface area contributed by atoms with Gasteiger partial charge in [0.15, 0.2) is 0 Å². The highest BCUT2D eigenvalue weighted by Crippen LogP contribution is 2.53. The van der Waals surface area contributed by atoms with E-state index >= 15 is 0 Å². The van der Waals surface area contributed by atoms with Gasteiger partial charge in [0.05, 0.1) is 12.2 Å². The van der Waals surface area contributed by atoms with Crippen molar-refractivity contribution in [3.8, 4) is 0 Å².